The van der Waals surface area contributed by atoms with Gasteiger partial charge in [0.15, 0.2) is 0 Å². The maximum Gasteiger partial charge on any atom is 0.246 e. The molecule has 2 aromatic carbocycles. The molecule has 10 heteroatoms. The first-order valence-corrected chi connectivity index (χ1v) is 14.8. The third-order valence-electron chi connectivity index (χ3n) is 7.56. The van der Waals surface area contributed by atoms with Crippen molar-refractivity contribution in [3.8, 4) is 0 Å². The van der Waals surface area contributed by atoms with E-state index in [2.05, 4.69) is 31.4 Å². The van der Waals surface area contributed by atoms with Crippen LogP contribution in [0.25, 0.3) is 0 Å². The molecule has 1 aliphatic rings. The monoisotopic (exact) mass is 597 g/mol. The van der Waals surface area contributed by atoms with Crippen LogP contribution in [0.15, 0.2) is 42.5 Å². The molecule has 0 unspecified atom stereocenters. The van der Waals surface area contributed by atoms with Crippen molar-refractivity contribution in [1.29, 1.82) is 0 Å². The van der Waals surface area contributed by atoms with E-state index in [-0.39, 0.29) is 49.6 Å². The van der Waals surface area contributed by atoms with E-state index in [0.717, 1.165) is 23.1 Å². The molecule has 0 saturated carbocycles. The summed E-state index contributed by atoms with van der Waals surface area (Å²) in [4.78, 5) is 56.2. The van der Waals surface area contributed by atoms with Crippen LogP contribution < -0.4 is 16.4 Å². The molecule has 0 spiro atoms. The van der Waals surface area contributed by atoms with Gasteiger partial charge >= 0.3 is 0 Å². The van der Waals surface area contributed by atoms with Crippen molar-refractivity contribution in [2.45, 2.75) is 78.4 Å². The van der Waals surface area contributed by atoms with E-state index in [1.165, 1.54) is 4.90 Å². The molecule has 228 valence electrons. The summed E-state index contributed by atoms with van der Waals surface area (Å²) in [7, 11) is 1.75. The number of carbonyl (C=O) groups is 4. The van der Waals surface area contributed by atoms with Gasteiger partial charge in [-0.25, -0.2) is 0 Å². The van der Waals surface area contributed by atoms with E-state index in [1.54, 1.807) is 30.1 Å². The van der Waals surface area contributed by atoms with Crippen LogP contribution in [-0.4, -0.2) is 65.6 Å². The molecule has 1 aliphatic heterocycles. The number of nitrogens with two attached hydrogens (primary N) is 1. The second kappa shape index (κ2) is 14.6. The number of amides is 4. The third-order valence-corrected chi connectivity index (χ3v) is 7.99. The normalized spacial score (nSPS) is 15.4. The number of benzene rings is 2. The van der Waals surface area contributed by atoms with Crippen LogP contribution in [0.4, 0.5) is 5.69 Å². The van der Waals surface area contributed by atoms with E-state index in [9.17, 15) is 19.2 Å². The Morgan fingerprint density at radius 3 is 2.43 bits per heavy atom. The number of rotatable bonds is 11. The molecule has 1 heterocycles. The van der Waals surface area contributed by atoms with Crippen molar-refractivity contribution in [3.05, 3.63) is 64.2 Å². The van der Waals surface area contributed by atoms with Crippen molar-refractivity contribution in [2.75, 3.05) is 25.5 Å². The lowest BCUT2D eigenvalue weighted by Crippen LogP contribution is -2.56. The third kappa shape index (κ3) is 9.29. The van der Waals surface area contributed by atoms with Crippen LogP contribution in [0.1, 0.15) is 63.1 Å². The van der Waals surface area contributed by atoms with Gasteiger partial charge in [-0.15, -0.1) is 0 Å². The summed E-state index contributed by atoms with van der Waals surface area (Å²) in [6.45, 7) is 9.23. The standard InChI is InChI=1S/C32H44ClN5O4/c1-21-18-24(10-11-25(21)33)35-30(41)26(14-16-34)36-31(42)27-19-22-8-6-7-9-23(22)20-38(27)29(40)13-12-28(39)37(5)17-15-32(2,3)4/h6-11,18,26-27H,12-17,19-20,34H2,1-5H3,(H,35,41)(H,36,42)/t26-,27-/m0/s1. The summed E-state index contributed by atoms with van der Waals surface area (Å²) in [5, 5.41) is 6.25. The highest BCUT2D eigenvalue weighted by Gasteiger charge is 2.36. The second-order valence-corrected chi connectivity index (χ2v) is 12.6. The predicted octanol–water partition coefficient (Wildman–Crippen LogP) is 4.05. The Morgan fingerprint density at radius 2 is 1.79 bits per heavy atom. The number of hydrogen-bond acceptors (Lipinski definition) is 5. The highest BCUT2D eigenvalue weighted by molar-refractivity contribution is 6.31. The summed E-state index contributed by atoms with van der Waals surface area (Å²) < 4.78 is 0. The molecule has 0 aliphatic carbocycles. The van der Waals surface area contributed by atoms with Gasteiger partial charge in [0.2, 0.25) is 23.6 Å². The molecule has 0 aromatic heterocycles. The van der Waals surface area contributed by atoms with E-state index in [0.29, 0.717) is 23.7 Å². The molecule has 4 amide bonds. The minimum Gasteiger partial charge on any atom is -0.346 e. The molecule has 3 rings (SSSR count). The topological polar surface area (TPSA) is 125 Å². The Hall–Kier alpha value is -3.43. The van der Waals surface area contributed by atoms with Crippen molar-refractivity contribution in [2.24, 2.45) is 11.1 Å². The number of carbonyl (C=O) groups excluding carboxylic acids is 4. The zero-order chi connectivity index (χ0) is 31.0. The Labute approximate surface area is 254 Å². The van der Waals surface area contributed by atoms with Gasteiger partial charge in [0, 0.05) is 50.1 Å². The molecule has 42 heavy (non-hydrogen) atoms. The maximum absolute atomic E-state index is 13.7. The van der Waals surface area contributed by atoms with E-state index in [4.69, 9.17) is 17.3 Å². The fourth-order valence-corrected chi connectivity index (χ4v) is 4.97. The van der Waals surface area contributed by atoms with E-state index >= 15 is 0 Å². The van der Waals surface area contributed by atoms with E-state index in [1.807, 2.05) is 31.2 Å². The zero-order valence-corrected chi connectivity index (χ0v) is 26.1. The lowest BCUT2D eigenvalue weighted by molar-refractivity contribution is -0.144. The van der Waals surface area contributed by atoms with Crippen molar-refractivity contribution < 1.29 is 19.2 Å². The quantitative estimate of drug-likeness (QED) is 0.360. The molecular formula is C32H44ClN5O4. The second-order valence-electron chi connectivity index (χ2n) is 12.2. The van der Waals surface area contributed by atoms with Gasteiger partial charge in [-0.2, -0.15) is 0 Å². The minimum atomic E-state index is -0.898. The Kier molecular flexibility index (Phi) is 11.5. The van der Waals surface area contributed by atoms with Gasteiger partial charge in [-0.05, 0) is 66.6 Å². The van der Waals surface area contributed by atoms with Gasteiger partial charge < -0.3 is 26.2 Å². The molecular weight excluding hydrogens is 554 g/mol. The number of aryl methyl sites for hydroxylation is 1. The van der Waals surface area contributed by atoms with Crippen LogP contribution in [0.2, 0.25) is 5.02 Å². The van der Waals surface area contributed by atoms with Crippen LogP contribution in [0.3, 0.4) is 0 Å². The van der Waals surface area contributed by atoms with Crippen LogP contribution in [0.5, 0.6) is 0 Å². The molecule has 2 atom stereocenters. The summed E-state index contributed by atoms with van der Waals surface area (Å²) in [5.41, 5.74) is 9.17. The Balaban J connectivity index is 1.72. The lowest BCUT2D eigenvalue weighted by atomic mass is 9.92. The highest BCUT2D eigenvalue weighted by atomic mass is 35.5. The largest absolute Gasteiger partial charge is 0.346 e. The number of hydrogen-bond donors (Lipinski definition) is 3. The van der Waals surface area contributed by atoms with Crippen LogP contribution >= 0.6 is 11.6 Å². The first kappa shape index (κ1) is 33.1. The molecule has 0 radical (unpaired) electrons. The summed E-state index contributed by atoms with van der Waals surface area (Å²) in [6, 6.07) is 11.1. The fourth-order valence-electron chi connectivity index (χ4n) is 4.85. The maximum atomic E-state index is 13.7. The number of nitrogens with one attached hydrogen (secondary N) is 2. The van der Waals surface area contributed by atoms with Gasteiger partial charge in [0.1, 0.15) is 12.1 Å². The highest BCUT2D eigenvalue weighted by Crippen LogP contribution is 2.25. The predicted molar refractivity (Wildman–Crippen MR) is 166 cm³/mol. The molecule has 0 fully saturated rings. The van der Waals surface area contributed by atoms with Gasteiger partial charge in [-0.3, -0.25) is 19.2 Å². The zero-order valence-electron chi connectivity index (χ0n) is 25.3. The van der Waals surface area contributed by atoms with Crippen molar-refractivity contribution in [3.63, 3.8) is 0 Å². The first-order valence-electron chi connectivity index (χ1n) is 14.5. The smallest absolute Gasteiger partial charge is 0.246 e. The molecule has 2 aromatic rings. The summed E-state index contributed by atoms with van der Waals surface area (Å²) in [6.07, 6.45) is 1.43. The minimum absolute atomic E-state index is 0.00668. The average Bonchev–Trinajstić information content (AvgIpc) is 2.94. The van der Waals surface area contributed by atoms with Gasteiger partial charge in [0.05, 0.1) is 0 Å². The van der Waals surface area contributed by atoms with Crippen LogP contribution in [0, 0.1) is 12.3 Å². The van der Waals surface area contributed by atoms with Crippen molar-refractivity contribution >= 4 is 40.9 Å². The van der Waals surface area contributed by atoms with Crippen LogP contribution in [-0.2, 0) is 32.1 Å². The molecule has 4 N–H and O–H groups in total. The lowest BCUT2D eigenvalue weighted by Gasteiger charge is -2.37. The average molecular weight is 598 g/mol. The van der Waals surface area contributed by atoms with E-state index < -0.39 is 23.9 Å². The van der Waals surface area contributed by atoms with Crippen molar-refractivity contribution in [1.82, 2.24) is 15.1 Å². The van der Waals surface area contributed by atoms with Gasteiger partial charge in [0.25, 0.3) is 0 Å². The molecule has 9 nitrogen and oxygen atoms in total. The Bertz CT molecular complexity index is 1290. The fraction of sp³-hybridized carbons (Fsp3) is 0.500. The molecule has 0 bridgehead atoms. The Morgan fingerprint density at radius 1 is 1.10 bits per heavy atom. The summed E-state index contributed by atoms with van der Waals surface area (Å²) >= 11 is 6.11. The van der Waals surface area contributed by atoms with Gasteiger partial charge in [-0.1, -0.05) is 56.6 Å². The summed E-state index contributed by atoms with van der Waals surface area (Å²) in [5.74, 6) is -1.23. The first-order chi connectivity index (χ1) is 19.8. The molecule has 0 saturated heterocycles. The number of nitrogens with zero attached hydrogens (tertiary/aromatic N) is 2. The number of fused-ring (bicyclic) bond motifs is 1. The number of halogens is 1. The number of anilines is 1. The SMILES string of the molecule is Cc1cc(NC(=O)[C@H](CCN)NC(=O)[C@@H]2Cc3ccccc3CN2C(=O)CCC(=O)N(C)CCC(C)(C)C)ccc1Cl.